The van der Waals surface area contributed by atoms with Crippen LogP contribution in [0.2, 0.25) is 0 Å². The van der Waals surface area contributed by atoms with Gasteiger partial charge in [0.25, 0.3) is 5.91 Å². The summed E-state index contributed by atoms with van der Waals surface area (Å²) in [5, 5.41) is 11.5. The summed E-state index contributed by atoms with van der Waals surface area (Å²) in [6.45, 7) is -1.76. The number of aromatic nitrogens is 1. The van der Waals surface area contributed by atoms with Gasteiger partial charge in [0.2, 0.25) is 5.82 Å². The third-order valence-corrected chi connectivity index (χ3v) is 6.05. The largest absolute Gasteiger partial charge is 0.493 e. The number of ether oxygens (including phenoxy) is 3. The first-order chi connectivity index (χ1) is 16.3. The molecular formula is C22H22F6N2O5. The van der Waals surface area contributed by atoms with Crippen LogP contribution in [0.15, 0.2) is 30.5 Å². The van der Waals surface area contributed by atoms with Gasteiger partial charge < -0.3 is 24.6 Å². The molecule has 13 heteroatoms. The van der Waals surface area contributed by atoms with Gasteiger partial charge in [-0.3, -0.25) is 9.78 Å². The third-order valence-electron chi connectivity index (χ3n) is 6.05. The Morgan fingerprint density at radius 1 is 1.29 bits per heavy atom. The summed E-state index contributed by atoms with van der Waals surface area (Å²) in [5.41, 5.74) is -2.59. The van der Waals surface area contributed by atoms with E-state index in [1.54, 1.807) is 0 Å². The summed E-state index contributed by atoms with van der Waals surface area (Å²) in [6.07, 6.45) is -5.49. The first kappa shape index (κ1) is 26.5. The van der Waals surface area contributed by atoms with Gasteiger partial charge in [-0.15, -0.1) is 0 Å². The van der Waals surface area contributed by atoms with Crippen LogP contribution in [0.1, 0.15) is 31.0 Å². The third kappa shape index (κ3) is 5.01. The van der Waals surface area contributed by atoms with E-state index in [1.807, 2.05) is 0 Å². The monoisotopic (exact) mass is 508 g/mol. The summed E-state index contributed by atoms with van der Waals surface area (Å²) in [4.78, 5) is 16.9. The molecule has 1 fully saturated rings. The van der Waals surface area contributed by atoms with Crippen molar-refractivity contribution in [2.75, 3.05) is 12.4 Å². The van der Waals surface area contributed by atoms with Gasteiger partial charge >= 0.3 is 12.8 Å². The zero-order valence-electron chi connectivity index (χ0n) is 18.7. The number of hydrogen-bond donors (Lipinski definition) is 2. The van der Waals surface area contributed by atoms with E-state index in [2.05, 4.69) is 15.0 Å². The quantitative estimate of drug-likeness (QED) is 0.539. The molecule has 7 nitrogen and oxygen atoms in total. The Morgan fingerprint density at radius 3 is 2.49 bits per heavy atom. The normalized spacial score (nSPS) is 24.5. The lowest BCUT2D eigenvalue weighted by Gasteiger charge is -2.32. The van der Waals surface area contributed by atoms with Crippen LogP contribution in [0, 0.1) is 11.7 Å². The van der Waals surface area contributed by atoms with E-state index < -0.39 is 59.6 Å². The number of benzene rings is 1. The Kier molecular flexibility index (Phi) is 7.50. The first-order valence-electron chi connectivity index (χ1n) is 10.3. The van der Waals surface area contributed by atoms with Crippen LogP contribution in [0.3, 0.4) is 0 Å². The average molecular weight is 508 g/mol. The van der Waals surface area contributed by atoms with Gasteiger partial charge in [0, 0.05) is 17.4 Å². The van der Waals surface area contributed by atoms with E-state index in [4.69, 9.17) is 14.6 Å². The summed E-state index contributed by atoms with van der Waals surface area (Å²) < 4.78 is 96.5. The molecule has 0 bridgehead atoms. The van der Waals surface area contributed by atoms with Crippen LogP contribution >= 0.6 is 0 Å². The summed E-state index contributed by atoms with van der Waals surface area (Å²) >= 11 is 0. The molecule has 0 saturated carbocycles. The number of aliphatic hydroxyl groups is 1. The van der Waals surface area contributed by atoms with Crippen molar-refractivity contribution in [1.82, 2.24) is 4.98 Å². The highest BCUT2D eigenvalue weighted by Gasteiger charge is 2.65. The van der Waals surface area contributed by atoms with Crippen molar-refractivity contribution in [3.63, 3.8) is 0 Å². The van der Waals surface area contributed by atoms with Crippen LogP contribution in [0.4, 0.5) is 32.0 Å². The van der Waals surface area contributed by atoms with E-state index in [1.165, 1.54) is 25.3 Å². The Labute approximate surface area is 196 Å². The van der Waals surface area contributed by atoms with Gasteiger partial charge in [0.15, 0.2) is 17.1 Å². The van der Waals surface area contributed by atoms with Crippen LogP contribution < -0.4 is 14.8 Å². The number of carbonyl (C=O) groups excluding carboxylic acids is 1. The van der Waals surface area contributed by atoms with Crippen molar-refractivity contribution in [3.8, 4) is 11.5 Å². The molecule has 3 rings (SSSR count). The molecule has 0 spiro atoms. The zero-order chi connectivity index (χ0) is 26.1. The number of nitrogens with zero attached hydrogens (tertiary/aromatic N) is 1. The van der Waals surface area contributed by atoms with Crippen molar-refractivity contribution in [1.29, 1.82) is 0 Å². The molecule has 0 aliphatic carbocycles. The molecular weight excluding hydrogens is 486 g/mol. The molecule has 0 unspecified atom stereocenters. The maximum absolute atomic E-state index is 14.9. The van der Waals surface area contributed by atoms with E-state index in [0.29, 0.717) is 5.69 Å². The van der Waals surface area contributed by atoms with E-state index in [0.717, 1.165) is 26.2 Å². The molecule has 2 heterocycles. The molecule has 1 aromatic carbocycles. The highest BCUT2D eigenvalue weighted by molar-refractivity contribution is 5.95. The van der Waals surface area contributed by atoms with Gasteiger partial charge in [-0.25, -0.2) is 0 Å². The van der Waals surface area contributed by atoms with E-state index in [-0.39, 0.29) is 17.9 Å². The molecule has 4 atom stereocenters. The molecule has 1 aliphatic heterocycles. The van der Waals surface area contributed by atoms with Crippen LogP contribution in [-0.4, -0.2) is 47.6 Å². The molecule has 1 aliphatic rings. The summed E-state index contributed by atoms with van der Waals surface area (Å²) in [5.74, 6) is -6.69. The topological polar surface area (TPSA) is 89.9 Å². The standard InChI is InChI=1S/C22H22F6N2O5/c1-10-15(13-6-7-14(34-20(24)25)16(23)17(13)33-3)18(35-21(10,2)22(26,27)28)19(32)30-11-4-5-12(9-31)29-8-11/h4-8,10,15,18,20,31H,9H2,1-3H3,(H,30,32)/t10-,15-,18+,21+/m0/s1. The minimum Gasteiger partial charge on any atom is -0.493 e. The molecule has 0 radical (unpaired) electrons. The number of nitrogens with one attached hydrogen (secondary N) is 1. The van der Waals surface area contributed by atoms with Gasteiger partial charge in [0.1, 0.15) is 6.10 Å². The van der Waals surface area contributed by atoms with Crippen molar-refractivity contribution < 1.29 is 50.5 Å². The van der Waals surface area contributed by atoms with E-state index in [9.17, 15) is 31.1 Å². The fourth-order valence-electron chi connectivity index (χ4n) is 4.04. The van der Waals surface area contributed by atoms with Crippen molar-refractivity contribution >= 4 is 11.6 Å². The number of hydrogen-bond acceptors (Lipinski definition) is 6. The van der Waals surface area contributed by atoms with Crippen molar-refractivity contribution in [3.05, 3.63) is 47.5 Å². The van der Waals surface area contributed by atoms with Crippen LogP contribution in [0.25, 0.3) is 0 Å². The lowest BCUT2D eigenvalue weighted by Crippen LogP contribution is -2.47. The number of pyridine rings is 1. The maximum atomic E-state index is 14.9. The zero-order valence-corrected chi connectivity index (χ0v) is 18.7. The average Bonchev–Trinajstić information content (AvgIpc) is 3.07. The first-order valence-corrected chi connectivity index (χ1v) is 10.3. The number of amides is 1. The predicted octanol–water partition coefficient (Wildman–Crippen LogP) is 4.40. The highest BCUT2D eigenvalue weighted by atomic mass is 19.4. The maximum Gasteiger partial charge on any atom is 0.417 e. The molecule has 35 heavy (non-hydrogen) atoms. The van der Waals surface area contributed by atoms with Crippen molar-refractivity contribution in [2.24, 2.45) is 5.92 Å². The molecule has 1 saturated heterocycles. The number of aliphatic hydroxyl groups excluding tert-OH is 1. The number of rotatable bonds is 7. The molecule has 2 N–H and O–H groups in total. The Balaban J connectivity index is 2.06. The van der Waals surface area contributed by atoms with Gasteiger partial charge in [-0.2, -0.15) is 26.3 Å². The fourth-order valence-corrected chi connectivity index (χ4v) is 4.04. The summed E-state index contributed by atoms with van der Waals surface area (Å²) in [6, 6.07) is 4.65. The Bertz CT molecular complexity index is 1070. The van der Waals surface area contributed by atoms with Crippen LogP contribution in [-0.2, 0) is 16.1 Å². The van der Waals surface area contributed by atoms with Gasteiger partial charge in [-0.1, -0.05) is 13.0 Å². The number of methoxy groups -OCH3 is 1. The smallest absolute Gasteiger partial charge is 0.417 e. The van der Waals surface area contributed by atoms with Crippen molar-refractivity contribution in [2.45, 2.75) is 50.9 Å². The van der Waals surface area contributed by atoms with Gasteiger partial charge in [-0.05, 0) is 25.1 Å². The second kappa shape index (κ2) is 9.90. The summed E-state index contributed by atoms with van der Waals surface area (Å²) in [7, 11) is 1.00. The molecule has 1 amide bonds. The molecule has 1 aromatic heterocycles. The van der Waals surface area contributed by atoms with Crippen LogP contribution in [0.5, 0.6) is 11.5 Å². The highest BCUT2D eigenvalue weighted by Crippen LogP contribution is 2.55. The molecule has 192 valence electrons. The number of carbonyl (C=O) groups is 1. The number of halogens is 6. The minimum atomic E-state index is -4.91. The second-order valence-electron chi connectivity index (χ2n) is 8.02. The Hall–Kier alpha value is -3.06. The number of alkyl halides is 5. The van der Waals surface area contributed by atoms with Gasteiger partial charge in [0.05, 0.1) is 31.3 Å². The fraction of sp³-hybridized carbons (Fsp3) is 0.455. The second-order valence-corrected chi connectivity index (χ2v) is 8.02. The lowest BCUT2D eigenvalue weighted by atomic mass is 9.77. The SMILES string of the molecule is COc1c([C@H]2[C@H](C(=O)Nc3ccc(CO)nc3)O[C@@](C)(C(F)(F)F)[C@H]2C)ccc(OC(F)F)c1F. The lowest BCUT2D eigenvalue weighted by molar-refractivity contribution is -0.272. The predicted molar refractivity (Wildman–Crippen MR) is 110 cm³/mol. The Morgan fingerprint density at radius 2 is 1.97 bits per heavy atom. The minimum absolute atomic E-state index is 0.113. The van der Waals surface area contributed by atoms with E-state index >= 15 is 0 Å². The number of anilines is 1. The molecule has 2 aromatic rings.